The molecule has 3 rings (SSSR count). The molecule has 1 amide bonds. The van der Waals surface area contributed by atoms with Crippen LogP contribution in [0.25, 0.3) is 0 Å². The maximum absolute atomic E-state index is 11.3. The minimum atomic E-state index is -0.676. The number of amides is 1. The number of nitrogens with one attached hydrogen (secondary N) is 1. The average molecular weight is 439 g/mol. The van der Waals surface area contributed by atoms with Crippen LogP contribution in [0.3, 0.4) is 0 Å². The molecule has 2 aromatic rings. The Kier molecular flexibility index (Phi) is 7.61. The summed E-state index contributed by atoms with van der Waals surface area (Å²) in [5.41, 5.74) is 0.481. The molecule has 2 N–H and O–H groups in total. The van der Waals surface area contributed by atoms with Crippen LogP contribution in [-0.2, 0) is 4.79 Å². The van der Waals surface area contributed by atoms with Crippen molar-refractivity contribution in [2.45, 2.75) is 25.6 Å². The Labute approximate surface area is 180 Å². The third-order valence-corrected chi connectivity index (χ3v) is 4.99. The number of likely N-dealkylation sites (tertiary alicyclic amines) is 1. The van der Waals surface area contributed by atoms with E-state index in [0.717, 1.165) is 25.3 Å². The molecule has 0 unspecified atom stereocenters. The molecular weight excluding hydrogens is 415 g/mol. The van der Waals surface area contributed by atoms with Gasteiger partial charge in [0.1, 0.15) is 30.3 Å². The van der Waals surface area contributed by atoms with Crippen LogP contribution in [0, 0.1) is 0 Å². The third-order valence-electron chi connectivity index (χ3n) is 4.50. The van der Waals surface area contributed by atoms with E-state index in [0.29, 0.717) is 28.0 Å². The van der Waals surface area contributed by atoms with Crippen molar-refractivity contribution in [3.8, 4) is 11.5 Å². The fourth-order valence-corrected chi connectivity index (χ4v) is 3.51. The Hall–Kier alpha value is -1.99. The summed E-state index contributed by atoms with van der Waals surface area (Å²) in [6.45, 7) is 3.57. The molecule has 0 saturated carbocycles. The minimum absolute atomic E-state index is 0.0759. The minimum Gasteiger partial charge on any atom is -0.489 e. The molecule has 6 nitrogen and oxygen atoms in total. The second-order valence-corrected chi connectivity index (χ2v) is 7.90. The molecule has 2 atom stereocenters. The SMILES string of the molecule is CC(=O)Nc1cc(Cl)ccc1OC[C@@H](O)CN1CC[C@@H](Oc2ccc(Cl)cc2)C1. The fraction of sp³-hybridized carbons (Fsp3) is 0.381. The van der Waals surface area contributed by atoms with Gasteiger partial charge in [-0.25, -0.2) is 0 Å². The number of nitrogens with zero attached hydrogens (tertiary/aromatic N) is 1. The van der Waals surface area contributed by atoms with E-state index in [-0.39, 0.29) is 18.6 Å². The predicted molar refractivity (Wildman–Crippen MR) is 114 cm³/mol. The van der Waals surface area contributed by atoms with Gasteiger partial charge in [-0.2, -0.15) is 0 Å². The highest BCUT2D eigenvalue weighted by Gasteiger charge is 2.25. The van der Waals surface area contributed by atoms with Gasteiger partial charge in [-0.1, -0.05) is 23.2 Å². The zero-order valence-corrected chi connectivity index (χ0v) is 17.6. The van der Waals surface area contributed by atoms with E-state index < -0.39 is 6.10 Å². The van der Waals surface area contributed by atoms with Gasteiger partial charge in [0.15, 0.2) is 0 Å². The van der Waals surface area contributed by atoms with Gasteiger partial charge in [-0.3, -0.25) is 9.69 Å². The van der Waals surface area contributed by atoms with Crippen LogP contribution in [0.15, 0.2) is 42.5 Å². The number of rotatable bonds is 8. The van der Waals surface area contributed by atoms with Gasteiger partial charge in [0.05, 0.1) is 5.69 Å². The van der Waals surface area contributed by atoms with Crippen molar-refractivity contribution in [1.29, 1.82) is 0 Å². The molecule has 2 aromatic carbocycles. The molecule has 0 aliphatic carbocycles. The van der Waals surface area contributed by atoms with Crippen LogP contribution in [0.2, 0.25) is 10.0 Å². The first-order valence-electron chi connectivity index (χ1n) is 9.41. The number of aliphatic hydroxyl groups excluding tert-OH is 1. The van der Waals surface area contributed by atoms with Crippen molar-refractivity contribution in [1.82, 2.24) is 4.90 Å². The second-order valence-electron chi connectivity index (χ2n) is 7.03. The van der Waals surface area contributed by atoms with E-state index in [1.165, 1.54) is 6.92 Å². The molecule has 1 heterocycles. The quantitative estimate of drug-likeness (QED) is 0.654. The highest BCUT2D eigenvalue weighted by Crippen LogP contribution is 2.28. The number of benzene rings is 2. The Morgan fingerprint density at radius 3 is 2.69 bits per heavy atom. The lowest BCUT2D eigenvalue weighted by molar-refractivity contribution is -0.114. The van der Waals surface area contributed by atoms with E-state index in [1.54, 1.807) is 30.3 Å². The number of halogens is 2. The largest absolute Gasteiger partial charge is 0.489 e. The van der Waals surface area contributed by atoms with Crippen molar-refractivity contribution in [3.63, 3.8) is 0 Å². The third kappa shape index (κ3) is 6.78. The van der Waals surface area contributed by atoms with Gasteiger partial charge in [0.25, 0.3) is 0 Å². The van der Waals surface area contributed by atoms with E-state index in [9.17, 15) is 9.90 Å². The second kappa shape index (κ2) is 10.2. The van der Waals surface area contributed by atoms with Gasteiger partial charge >= 0.3 is 0 Å². The monoisotopic (exact) mass is 438 g/mol. The zero-order chi connectivity index (χ0) is 20.8. The van der Waals surface area contributed by atoms with Crippen LogP contribution >= 0.6 is 23.2 Å². The number of β-amino-alcohol motifs (C(OH)–C–C–N with tert-alkyl or cyclic N) is 1. The van der Waals surface area contributed by atoms with Gasteiger partial charge in [-0.05, 0) is 48.9 Å². The molecule has 1 aliphatic heterocycles. The Bertz CT molecular complexity index is 832. The first-order chi connectivity index (χ1) is 13.9. The summed E-state index contributed by atoms with van der Waals surface area (Å²) in [6, 6.07) is 12.3. The molecule has 0 spiro atoms. The Balaban J connectivity index is 1.46. The van der Waals surface area contributed by atoms with Gasteiger partial charge in [0, 0.05) is 36.6 Å². The number of anilines is 1. The molecule has 0 radical (unpaired) electrons. The summed E-state index contributed by atoms with van der Waals surface area (Å²) in [7, 11) is 0. The average Bonchev–Trinajstić information content (AvgIpc) is 3.09. The molecule has 8 heteroatoms. The number of aliphatic hydroxyl groups is 1. The Morgan fingerprint density at radius 2 is 1.97 bits per heavy atom. The van der Waals surface area contributed by atoms with Crippen molar-refractivity contribution < 1.29 is 19.4 Å². The van der Waals surface area contributed by atoms with Gasteiger partial charge in [-0.15, -0.1) is 0 Å². The first kappa shape index (κ1) is 21.7. The molecule has 0 bridgehead atoms. The van der Waals surface area contributed by atoms with E-state index in [1.807, 2.05) is 12.1 Å². The van der Waals surface area contributed by atoms with Crippen molar-refractivity contribution in [3.05, 3.63) is 52.5 Å². The maximum Gasteiger partial charge on any atom is 0.221 e. The highest BCUT2D eigenvalue weighted by atomic mass is 35.5. The van der Waals surface area contributed by atoms with Crippen molar-refractivity contribution >= 4 is 34.8 Å². The molecule has 156 valence electrons. The lowest BCUT2D eigenvalue weighted by atomic mass is 10.3. The number of hydrogen-bond donors (Lipinski definition) is 2. The number of hydrogen-bond acceptors (Lipinski definition) is 5. The van der Waals surface area contributed by atoms with Crippen LogP contribution in [0.1, 0.15) is 13.3 Å². The topological polar surface area (TPSA) is 71.0 Å². The fourth-order valence-electron chi connectivity index (χ4n) is 3.22. The smallest absolute Gasteiger partial charge is 0.221 e. The summed E-state index contributed by atoms with van der Waals surface area (Å²) in [4.78, 5) is 13.5. The maximum atomic E-state index is 11.3. The lowest BCUT2D eigenvalue weighted by Gasteiger charge is -2.21. The van der Waals surface area contributed by atoms with E-state index in [2.05, 4.69) is 10.2 Å². The Morgan fingerprint density at radius 1 is 1.24 bits per heavy atom. The van der Waals surface area contributed by atoms with Crippen LogP contribution in [-0.4, -0.2) is 54.4 Å². The zero-order valence-electron chi connectivity index (χ0n) is 16.1. The summed E-state index contributed by atoms with van der Waals surface area (Å²) in [5, 5.41) is 14.2. The normalized spacial score (nSPS) is 17.7. The van der Waals surface area contributed by atoms with Crippen molar-refractivity contribution in [2.24, 2.45) is 0 Å². The summed E-state index contributed by atoms with van der Waals surface area (Å²) < 4.78 is 11.7. The lowest BCUT2D eigenvalue weighted by Crippen LogP contribution is -2.35. The predicted octanol–water partition coefficient (Wildman–Crippen LogP) is 3.84. The molecule has 0 aromatic heterocycles. The van der Waals surface area contributed by atoms with Crippen LogP contribution < -0.4 is 14.8 Å². The standard InChI is InChI=1S/C21H24Cl2N2O4/c1-14(26)24-20-10-16(23)4-7-21(20)28-13-17(27)11-25-9-8-19(12-25)29-18-5-2-15(22)3-6-18/h2-7,10,17,19,27H,8-9,11-13H2,1H3,(H,24,26)/t17-,19+/m0/s1. The van der Waals surface area contributed by atoms with Gasteiger partial charge in [0.2, 0.25) is 5.91 Å². The summed E-state index contributed by atoms with van der Waals surface area (Å²) in [6.07, 6.45) is 0.289. The van der Waals surface area contributed by atoms with E-state index in [4.69, 9.17) is 32.7 Å². The first-order valence-corrected chi connectivity index (χ1v) is 10.2. The van der Waals surface area contributed by atoms with E-state index >= 15 is 0 Å². The number of carbonyl (C=O) groups excluding carboxylic acids is 1. The molecule has 1 fully saturated rings. The van der Waals surface area contributed by atoms with Crippen LogP contribution in [0.4, 0.5) is 5.69 Å². The van der Waals surface area contributed by atoms with Gasteiger partial charge < -0.3 is 19.9 Å². The summed E-state index contributed by atoms with van der Waals surface area (Å²) in [5.74, 6) is 1.04. The number of ether oxygens (including phenoxy) is 2. The molecule has 1 aliphatic rings. The van der Waals surface area contributed by atoms with Crippen LogP contribution in [0.5, 0.6) is 11.5 Å². The molecule has 29 heavy (non-hydrogen) atoms. The number of carbonyl (C=O) groups is 1. The summed E-state index contributed by atoms with van der Waals surface area (Å²) >= 11 is 11.9. The molecule has 1 saturated heterocycles. The molecular formula is C21H24Cl2N2O4. The van der Waals surface area contributed by atoms with Crippen molar-refractivity contribution in [2.75, 3.05) is 31.6 Å². The highest BCUT2D eigenvalue weighted by molar-refractivity contribution is 6.31.